The van der Waals surface area contributed by atoms with Gasteiger partial charge in [0.25, 0.3) is 5.96 Å². The second kappa shape index (κ2) is 7.20. The van der Waals surface area contributed by atoms with Crippen LogP contribution >= 0.6 is 0 Å². The summed E-state index contributed by atoms with van der Waals surface area (Å²) in [6.45, 7) is 0.849. The van der Waals surface area contributed by atoms with Crippen molar-refractivity contribution in [2.24, 2.45) is 0 Å². The summed E-state index contributed by atoms with van der Waals surface area (Å²) in [5, 5.41) is 8.03. The summed E-state index contributed by atoms with van der Waals surface area (Å²) in [6.07, 6.45) is 0.894. The monoisotopic (exact) mass is 278 g/mol. The zero-order chi connectivity index (χ0) is 14.4. The Balaban J connectivity index is 4.37. The van der Waals surface area contributed by atoms with Crippen molar-refractivity contribution in [3.8, 4) is 0 Å². The van der Waals surface area contributed by atoms with Gasteiger partial charge in [-0.05, 0) is 0 Å². The molecular weight excluding hydrogens is 250 g/mol. The first kappa shape index (κ1) is 17.5. The molecule has 0 rings (SSSR count). The predicted molar refractivity (Wildman–Crippen MR) is 74.6 cm³/mol. The topological polar surface area (TPSA) is 54.8 Å². The Labute approximate surface area is 112 Å². The fourth-order valence-electron chi connectivity index (χ4n) is 1.89. The van der Waals surface area contributed by atoms with Crippen LogP contribution in [0.4, 0.5) is 0 Å². The quantitative estimate of drug-likeness (QED) is 0.324. The van der Waals surface area contributed by atoms with E-state index in [1.807, 2.05) is 33.1 Å². The highest BCUT2D eigenvalue weighted by Gasteiger charge is 2.38. The molecule has 0 unspecified atom stereocenters. The van der Waals surface area contributed by atoms with E-state index in [4.69, 9.17) is 18.7 Å². The van der Waals surface area contributed by atoms with Crippen LogP contribution in [-0.4, -0.2) is 80.2 Å². The molecular formula is C11H28N3O3Si+. The lowest BCUT2D eigenvalue weighted by Crippen LogP contribution is -2.52. The largest absolute Gasteiger partial charge is 0.500 e. The van der Waals surface area contributed by atoms with Crippen molar-refractivity contribution in [2.75, 3.05) is 56.1 Å². The maximum Gasteiger partial charge on any atom is 0.500 e. The van der Waals surface area contributed by atoms with Crippen molar-refractivity contribution >= 4 is 14.8 Å². The van der Waals surface area contributed by atoms with Gasteiger partial charge in [-0.15, -0.1) is 0 Å². The molecule has 0 heterocycles. The van der Waals surface area contributed by atoms with Crippen LogP contribution < -0.4 is 0 Å². The van der Waals surface area contributed by atoms with Crippen molar-refractivity contribution in [2.45, 2.75) is 12.5 Å². The molecule has 0 aliphatic rings. The lowest BCUT2D eigenvalue weighted by Gasteiger charge is -2.33. The van der Waals surface area contributed by atoms with Crippen molar-refractivity contribution < 1.29 is 17.8 Å². The van der Waals surface area contributed by atoms with Crippen molar-refractivity contribution in [1.29, 1.82) is 5.41 Å². The van der Waals surface area contributed by atoms with Gasteiger partial charge in [0, 0.05) is 47.9 Å². The van der Waals surface area contributed by atoms with Gasteiger partial charge in [-0.3, -0.25) is 4.48 Å². The average Bonchev–Trinajstić information content (AvgIpc) is 2.34. The van der Waals surface area contributed by atoms with Crippen LogP contribution in [0.15, 0.2) is 0 Å². The summed E-state index contributed by atoms with van der Waals surface area (Å²) in [7, 11) is 10.2. The third kappa shape index (κ3) is 4.66. The Bertz CT molecular complexity index is 260. The van der Waals surface area contributed by atoms with E-state index in [9.17, 15) is 0 Å². The van der Waals surface area contributed by atoms with Crippen LogP contribution in [0.25, 0.3) is 0 Å². The van der Waals surface area contributed by atoms with Crippen molar-refractivity contribution in [3.63, 3.8) is 0 Å². The number of rotatable bonds is 7. The van der Waals surface area contributed by atoms with Crippen LogP contribution in [-0.2, 0) is 13.3 Å². The molecule has 0 atom stereocenters. The first-order valence-electron chi connectivity index (χ1n) is 5.99. The minimum Gasteiger partial charge on any atom is -0.377 e. The minimum absolute atomic E-state index is 0.536. The minimum atomic E-state index is -2.47. The fraction of sp³-hybridized carbons (Fsp3) is 0.909. The molecule has 108 valence electrons. The van der Waals surface area contributed by atoms with E-state index in [1.54, 1.807) is 21.3 Å². The molecule has 0 amide bonds. The molecule has 7 heteroatoms. The third-order valence-electron chi connectivity index (χ3n) is 3.13. The van der Waals surface area contributed by atoms with Crippen LogP contribution in [0.5, 0.6) is 0 Å². The second-order valence-corrected chi connectivity index (χ2v) is 8.12. The Morgan fingerprint density at radius 2 is 1.56 bits per heavy atom. The van der Waals surface area contributed by atoms with Crippen LogP contribution in [0.1, 0.15) is 6.42 Å². The molecule has 0 saturated carbocycles. The zero-order valence-electron chi connectivity index (χ0n) is 12.7. The maximum absolute atomic E-state index is 8.03. The van der Waals surface area contributed by atoms with Gasteiger partial charge in [-0.1, -0.05) is 0 Å². The molecule has 6 nitrogen and oxygen atoms in total. The van der Waals surface area contributed by atoms with E-state index in [0.717, 1.165) is 19.0 Å². The summed E-state index contributed by atoms with van der Waals surface area (Å²) in [6, 6.07) is 0.763. The lowest BCUT2D eigenvalue weighted by molar-refractivity contribution is -0.805. The van der Waals surface area contributed by atoms with Gasteiger partial charge < -0.3 is 18.2 Å². The SMILES string of the molecule is CO[Si](CCC[N+](C)(C)C(=N)N(C)C)(OC)OC. The molecule has 0 aromatic rings. The zero-order valence-corrected chi connectivity index (χ0v) is 13.7. The van der Waals surface area contributed by atoms with Crippen molar-refractivity contribution in [3.05, 3.63) is 0 Å². The van der Waals surface area contributed by atoms with Crippen LogP contribution in [0.3, 0.4) is 0 Å². The normalized spacial score (nSPS) is 12.6. The summed E-state index contributed by atoms with van der Waals surface area (Å²) in [4.78, 5) is 1.83. The molecule has 1 N–H and O–H groups in total. The standard InChI is InChI=1S/C11H28N3O3Si/c1-13(2)11(12)14(3,4)9-8-10-18(15-5,16-6)17-7/h12H,8-10H2,1-7H3/q+1. The number of quaternary nitrogens is 1. The highest BCUT2D eigenvalue weighted by Crippen LogP contribution is 2.16. The van der Waals surface area contributed by atoms with E-state index in [0.29, 0.717) is 10.4 Å². The number of guanidine groups is 1. The van der Waals surface area contributed by atoms with Gasteiger partial charge in [-0.25, -0.2) is 5.41 Å². The van der Waals surface area contributed by atoms with Crippen LogP contribution in [0.2, 0.25) is 6.04 Å². The second-order valence-electron chi connectivity index (χ2n) is 5.03. The van der Waals surface area contributed by atoms with Gasteiger partial charge in [0.05, 0.1) is 20.6 Å². The molecule has 0 aromatic heterocycles. The molecule has 0 aliphatic carbocycles. The molecule has 0 aliphatic heterocycles. The summed E-state index contributed by atoms with van der Waals surface area (Å²) < 4.78 is 16.7. The highest BCUT2D eigenvalue weighted by atomic mass is 28.4. The van der Waals surface area contributed by atoms with Crippen molar-refractivity contribution in [1.82, 2.24) is 4.90 Å². The summed E-state index contributed by atoms with van der Waals surface area (Å²) in [5.41, 5.74) is 0. The van der Waals surface area contributed by atoms with E-state index < -0.39 is 8.80 Å². The average molecular weight is 278 g/mol. The Morgan fingerprint density at radius 3 is 1.89 bits per heavy atom. The molecule has 0 bridgehead atoms. The number of nitrogens with one attached hydrogen (secondary N) is 1. The highest BCUT2D eigenvalue weighted by molar-refractivity contribution is 6.60. The molecule has 0 fully saturated rings. The summed E-state index contributed by atoms with van der Waals surface area (Å²) >= 11 is 0. The summed E-state index contributed by atoms with van der Waals surface area (Å²) in [5.74, 6) is 0.578. The Morgan fingerprint density at radius 1 is 1.11 bits per heavy atom. The molecule has 0 spiro atoms. The molecule has 18 heavy (non-hydrogen) atoms. The smallest absolute Gasteiger partial charge is 0.377 e. The van der Waals surface area contributed by atoms with E-state index in [1.165, 1.54) is 0 Å². The Kier molecular flexibility index (Phi) is 7.01. The van der Waals surface area contributed by atoms with E-state index >= 15 is 0 Å². The first-order chi connectivity index (χ1) is 8.24. The van der Waals surface area contributed by atoms with Crippen LogP contribution in [0, 0.1) is 5.41 Å². The van der Waals surface area contributed by atoms with E-state index in [-0.39, 0.29) is 0 Å². The Hall–Kier alpha value is -0.473. The van der Waals surface area contributed by atoms with Gasteiger partial charge in [0.1, 0.15) is 0 Å². The molecule has 0 aromatic carbocycles. The number of hydrogen-bond donors (Lipinski definition) is 1. The van der Waals surface area contributed by atoms with Gasteiger partial charge >= 0.3 is 8.80 Å². The first-order valence-corrected chi connectivity index (χ1v) is 7.92. The molecule has 0 saturated heterocycles. The van der Waals surface area contributed by atoms with E-state index in [2.05, 4.69) is 0 Å². The number of hydrogen-bond acceptors (Lipinski definition) is 4. The van der Waals surface area contributed by atoms with Gasteiger partial charge in [0.2, 0.25) is 0 Å². The van der Waals surface area contributed by atoms with Gasteiger partial charge in [0.15, 0.2) is 0 Å². The lowest BCUT2D eigenvalue weighted by atomic mass is 10.4. The fourth-order valence-corrected chi connectivity index (χ4v) is 3.60. The van der Waals surface area contributed by atoms with Gasteiger partial charge in [-0.2, -0.15) is 0 Å². The predicted octanol–water partition coefficient (Wildman–Crippen LogP) is 0.827. The number of nitrogens with zero attached hydrogens (tertiary/aromatic N) is 2. The molecule has 0 radical (unpaired) electrons. The maximum atomic E-state index is 8.03. The third-order valence-corrected chi connectivity index (χ3v) is 5.96.